The highest BCUT2D eigenvalue weighted by atomic mass is 32.1. The number of nitro groups is 1. The van der Waals surface area contributed by atoms with Gasteiger partial charge in [0.1, 0.15) is 0 Å². The van der Waals surface area contributed by atoms with E-state index in [2.05, 4.69) is 0 Å². The summed E-state index contributed by atoms with van der Waals surface area (Å²) in [4.78, 5) is 14.4. The van der Waals surface area contributed by atoms with Gasteiger partial charge in [0, 0.05) is 22.9 Å². The molecule has 0 spiro atoms. The minimum atomic E-state index is -0.696. The molecule has 20 heavy (non-hydrogen) atoms. The first-order valence-corrected chi connectivity index (χ1v) is 7.83. The summed E-state index contributed by atoms with van der Waals surface area (Å²) in [7, 11) is 1.84. The number of hydrogen-bond donors (Lipinski definition) is 1. The summed E-state index contributed by atoms with van der Waals surface area (Å²) in [6, 6.07) is 5.49. The molecule has 7 heteroatoms. The molecule has 0 saturated carbocycles. The van der Waals surface area contributed by atoms with Gasteiger partial charge < -0.3 is 10.0 Å². The molecule has 0 amide bonds. The summed E-state index contributed by atoms with van der Waals surface area (Å²) in [5.41, 5.74) is 0.0526. The van der Waals surface area contributed by atoms with E-state index in [9.17, 15) is 15.2 Å². The van der Waals surface area contributed by atoms with Gasteiger partial charge in [0.15, 0.2) is 5.00 Å². The monoisotopic (exact) mass is 312 g/mol. The lowest BCUT2D eigenvalue weighted by Crippen LogP contribution is -2.20. The predicted octanol–water partition coefficient (Wildman–Crippen LogP) is 3.97. The first-order chi connectivity index (χ1) is 9.41. The molecule has 1 N–H and O–H groups in total. The van der Waals surface area contributed by atoms with E-state index in [0.29, 0.717) is 9.88 Å². The summed E-state index contributed by atoms with van der Waals surface area (Å²) in [5, 5.41) is 23.4. The Bertz CT molecular complexity index is 593. The Morgan fingerprint density at radius 2 is 2.10 bits per heavy atom. The Morgan fingerprint density at radius 1 is 1.40 bits per heavy atom. The van der Waals surface area contributed by atoms with E-state index in [1.54, 1.807) is 18.3 Å². The van der Waals surface area contributed by atoms with Gasteiger partial charge in [-0.2, -0.15) is 0 Å². The van der Waals surface area contributed by atoms with Crippen molar-refractivity contribution in [3.63, 3.8) is 0 Å². The molecule has 0 saturated heterocycles. The Labute approximate surface area is 125 Å². The molecule has 0 fully saturated rings. The third kappa shape index (κ3) is 2.84. The first kappa shape index (κ1) is 15.0. The second-order valence-corrected chi connectivity index (χ2v) is 6.62. The van der Waals surface area contributed by atoms with E-state index in [4.69, 9.17) is 0 Å². The molecule has 108 valence electrons. The Morgan fingerprint density at radius 3 is 2.60 bits per heavy atom. The zero-order valence-electron chi connectivity index (χ0n) is 11.4. The Kier molecular flexibility index (Phi) is 4.42. The van der Waals surface area contributed by atoms with Crippen molar-refractivity contribution in [2.24, 2.45) is 0 Å². The number of rotatable bonds is 5. The Balaban J connectivity index is 2.38. The molecular formula is C13H16N2O3S2. The van der Waals surface area contributed by atoms with Gasteiger partial charge >= 0.3 is 5.69 Å². The van der Waals surface area contributed by atoms with Crippen LogP contribution in [0.4, 0.5) is 10.7 Å². The first-order valence-electron chi connectivity index (χ1n) is 6.14. The molecular weight excluding hydrogens is 296 g/mol. The molecule has 1 unspecified atom stereocenters. The smallest absolute Gasteiger partial charge is 0.304 e. The molecule has 0 radical (unpaired) electrons. The van der Waals surface area contributed by atoms with Crippen LogP contribution < -0.4 is 4.90 Å². The van der Waals surface area contributed by atoms with E-state index in [1.165, 1.54) is 17.4 Å². The van der Waals surface area contributed by atoms with Gasteiger partial charge in [0.2, 0.25) is 0 Å². The van der Waals surface area contributed by atoms with Crippen molar-refractivity contribution in [3.05, 3.63) is 43.4 Å². The van der Waals surface area contributed by atoms with E-state index in [1.807, 2.05) is 36.4 Å². The van der Waals surface area contributed by atoms with Gasteiger partial charge in [0.05, 0.1) is 17.1 Å². The molecule has 0 bridgehead atoms. The lowest BCUT2D eigenvalue weighted by Gasteiger charge is -2.24. The minimum absolute atomic E-state index is 0.0502. The topological polar surface area (TPSA) is 66.6 Å². The number of hydrogen-bond acceptors (Lipinski definition) is 6. The number of aliphatic hydroxyl groups is 1. The van der Waals surface area contributed by atoms with Crippen molar-refractivity contribution < 1.29 is 10.0 Å². The van der Waals surface area contributed by atoms with Crippen molar-refractivity contribution in [2.75, 3.05) is 11.9 Å². The summed E-state index contributed by atoms with van der Waals surface area (Å²) in [6.45, 7) is 3.62. The lowest BCUT2D eigenvalue weighted by atomic mass is 10.2. The molecule has 2 atom stereocenters. The zero-order valence-corrected chi connectivity index (χ0v) is 13.1. The molecule has 2 aromatic rings. The summed E-state index contributed by atoms with van der Waals surface area (Å²) >= 11 is 2.89. The van der Waals surface area contributed by atoms with Crippen LogP contribution in [0.25, 0.3) is 0 Å². The van der Waals surface area contributed by atoms with Crippen LogP contribution >= 0.6 is 22.7 Å². The van der Waals surface area contributed by atoms with Crippen LogP contribution in [0.3, 0.4) is 0 Å². The Hall–Kier alpha value is -1.44. The fourth-order valence-corrected chi connectivity index (χ4v) is 3.81. The highest BCUT2D eigenvalue weighted by molar-refractivity contribution is 7.16. The van der Waals surface area contributed by atoms with Crippen LogP contribution in [0.5, 0.6) is 0 Å². The molecule has 0 aliphatic carbocycles. The highest BCUT2D eigenvalue weighted by Crippen LogP contribution is 2.42. The van der Waals surface area contributed by atoms with E-state index in [0.717, 1.165) is 4.88 Å². The normalized spacial score (nSPS) is 14.0. The third-order valence-electron chi connectivity index (χ3n) is 3.18. The molecule has 2 rings (SSSR count). The second kappa shape index (κ2) is 5.90. The molecule has 5 nitrogen and oxygen atoms in total. The number of nitrogens with zero attached hydrogens (tertiary/aromatic N) is 2. The summed E-state index contributed by atoms with van der Waals surface area (Å²) < 4.78 is 0. The second-order valence-electron chi connectivity index (χ2n) is 4.57. The van der Waals surface area contributed by atoms with Crippen molar-refractivity contribution in [2.45, 2.75) is 26.0 Å². The van der Waals surface area contributed by atoms with Crippen LogP contribution in [0.15, 0.2) is 23.6 Å². The number of aliphatic hydroxyl groups excluding tert-OH is 1. The van der Waals surface area contributed by atoms with Gasteiger partial charge in [-0.05, 0) is 25.3 Å². The zero-order chi connectivity index (χ0) is 14.9. The molecule has 0 aliphatic rings. The maximum atomic E-state index is 11.2. The van der Waals surface area contributed by atoms with E-state index < -0.39 is 11.0 Å². The van der Waals surface area contributed by atoms with E-state index in [-0.39, 0.29) is 11.7 Å². The van der Waals surface area contributed by atoms with Crippen LogP contribution in [0, 0.1) is 10.1 Å². The average Bonchev–Trinajstić information content (AvgIpc) is 3.05. The molecule has 2 aromatic heterocycles. The molecule has 0 aromatic carbocycles. The fourth-order valence-electron chi connectivity index (χ4n) is 1.87. The van der Waals surface area contributed by atoms with Gasteiger partial charge in [0.25, 0.3) is 0 Å². The maximum Gasteiger partial charge on any atom is 0.304 e. The van der Waals surface area contributed by atoms with Crippen molar-refractivity contribution >= 4 is 33.4 Å². The van der Waals surface area contributed by atoms with Crippen LogP contribution in [-0.2, 0) is 0 Å². The van der Waals surface area contributed by atoms with Crippen LogP contribution in [0.2, 0.25) is 0 Å². The lowest BCUT2D eigenvalue weighted by molar-refractivity contribution is -0.383. The summed E-state index contributed by atoms with van der Waals surface area (Å²) in [5.74, 6) is 0. The summed E-state index contributed by atoms with van der Waals surface area (Å²) in [6.07, 6.45) is -0.696. The fraction of sp³-hybridized carbons (Fsp3) is 0.385. The maximum absolute atomic E-state index is 11.2. The predicted molar refractivity (Wildman–Crippen MR) is 82.7 cm³/mol. The molecule has 0 aliphatic heterocycles. The number of thiophene rings is 2. The van der Waals surface area contributed by atoms with Gasteiger partial charge in [-0.25, -0.2) is 0 Å². The quantitative estimate of drug-likeness (QED) is 0.670. The molecule has 2 heterocycles. The van der Waals surface area contributed by atoms with Crippen LogP contribution in [-0.4, -0.2) is 17.1 Å². The van der Waals surface area contributed by atoms with Crippen molar-refractivity contribution in [1.29, 1.82) is 0 Å². The number of anilines is 1. The van der Waals surface area contributed by atoms with Crippen LogP contribution in [0.1, 0.15) is 35.7 Å². The SMILES string of the molecule is CC(c1cccs1)N(C)c1sc([C@@H](C)O)cc1[N+](=O)[O-]. The van der Waals surface area contributed by atoms with Crippen molar-refractivity contribution in [1.82, 2.24) is 0 Å². The standard InChI is InChI=1S/C13H16N2O3S2/c1-8(11-5-4-6-19-11)14(3)13-10(15(17)18)7-12(20-13)9(2)16/h4-9,16H,1-3H3/t8?,9-/m1/s1. The largest absolute Gasteiger partial charge is 0.388 e. The van der Waals surface area contributed by atoms with Gasteiger partial charge in [-0.3, -0.25) is 10.1 Å². The van der Waals surface area contributed by atoms with E-state index >= 15 is 0 Å². The van der Waals surface area contributed by atoms with Gasteiger partial charge in [-0.1, -0.05) is 6.07 Å². The van der Waals surface area contributed by atoms with Crippen molar-refractivity contribution in [3.8, 4) is 0 Å². The average molecular weight is 312 g/mol. The highest BCUT2D eigenvalue weighted by Gasteiger charge is 2.26. The third-order valence-corrected chi connectivity index (χ3v) is 5.61. The van der Waals surface area contributed by atoms with Gasteiger partial charge in [-0.15, -0.1) is 22.7 Å². The minimum Gasteiger partial charge on any atom is -0.388 e.